The minimum Gasteiger partial charge on any atom is -0.454 e. The van der Waals surface area contributed by atoms with E-state index in [-0.39, 0.29) is 24.8 Å². The predicted octanol–water partition coefficient (Wildman–Crippen LogP) is 3.08. The monoisotopic (exact) mass is 403 g/mol. The molecule has 0 saturated heterocycles. The molecule has 0 fully saturated rings. The summed E-state index contributed by atoms with van der Waals surface area (Å²) in [6.45, 7) is 4.72. The summed E-state index contributed by atoms with van der Waals surface area (Å²) in [6, 6.07) is 24.4. The fraction of sp³-hybridized carbons (Fsp3) is 0.240. The Morgan fingerprint density at radius 2 is 1.67 bits per heavy atom. The van der Waals surface area contributed by atoms with Crippen molar-refractivity contribution in [3.05, 3.63) is 95.1 Å². The van der Waals surface area contributed by atoms with Crippen LogP contribution in [-0.4, -0.2) is 18.7 Å². The molecule has 0 bridgehead atoms. The minimum absolute atomic E-state index is 0.000657. The van der Waals surface area contributed by atoms with E-state index in [0.717, 1.165) is 17.1 Å². The van der Waals surface area contributed by atoms with E-state index >= 15 is 0 Å². The van der Waals surface area contributed by atoms with Crippen molar-refractivity contribution >= 4 is 5.91 Å². The van der Waals surface area contributed by atoms with Gasteiger partial charge in [0.2, 0.25) is 6.79 Å². The second-order valence-electron chi connectivity index (χ2n) is 7.69. The number of benzene rings is 3. The van der Waals surface area contributed by atoms with Gasteiger partial charge in [-0.1, -0.05) is 66.2 Å². The first-order valence-electron chi connectivity index (χ1n) is 10.2. The van der Waals surface area contributed by atoms with E-state index < -0.39 is 0 Å². The van der Waals surface area contributed by atoms with Crippen molar-refractivity contribution < 1.29 is 19.6 Å². The van der Waals surface area contributed by atoms with Gasteiger partial charge in [-0.25, -0.2) is 0 Å². The molecule has 5 heteroatoms. The number of ether oxygens (including phenoxy) is 2. The Bertz CT molecular complexity index is 1000. The van der Waals surface area contributed by atoms with Crippen LogP contribution in [0.5, 0.6) is 11.5 Å². The van der Waals surface area contributed by atoms with Crippen LogP contribution in [0.15, 0.2) is 72.8 Å². The molecular weight excluding hydrogens is 376 g/mol. The molecule has 1 aliphatic rings. The molecule has 1 amide bonds. The average molecular weight is 404 g/mol. The normalized spacial score (nSPS) is 14.2. The fourth-order valence-corrected chi connectivity index (χ4v) is 3.63. The summed E-state index contributed by atoms with van der Waals surface area (Å²) >= 11 is 0. The van der Waals surface area contributed by atoms with Crippen molar-refractivity contribution in [2.24, 2.45) is 0 Å². The lowest BCUT2D eigenvalue weighted by atomic mass is 9.97. The maximum atomic E-state index is 12.8. The molecular formula is C25H27N2O3+. The van der Waals surface area contributed by atoms with Gasteiger partial charge >= 0.3 is 0 Å². The number of nitrogens with one attached hydrogen (secondary N) is 1. The molecule has 0 radical (unpaired) electrons. The third-order valence-corrected chi connectivity index (χ3v) is 5.39. The van der Waals surface area contributed by atoms with Crippen LogP contribution in [0.3, 0.4) is 0 Å². The molecule has 5 nitrogen and oxygen atoms in total. The highest BCUT2D eigenvalue weighted by Gasteiger charge is 2.24. The maximum absolute atomic E-state index is 12.8. The van der Waals surface area contributed by atoms with Crippen LogP contribution >= 0.6 is 0 Å². The number of fused-ring (bicyclic) bond motifs is 1. The number of hydrogen-bond acceptors (Lipinski definition) is 3. The largest absolute Gasteiger partial charge is 0.454 e. The number of quaternary nitrogens is 1. The summed E-state index contributed by atoms with van der Waals surface area (Å²) < 4.78 is 10.7. The summed E-state index contributed by atoms with van der Waals surface area (Å²) in [6.07, 6.45) is 0. The van der Waals surface area contributed by atoms with Crippen LogP contribution in [0.4, 0.5) is 0 Å². The smallest absolute Gasteiger partial charge is 0.278 e. The highest BCUT2D eigenvalue weighted by molar-refractivity contribution is 5.79. The molecule has 4 rings (SSSR count). The second kappa shape index (κ2) is 9.01. The lowest BCUT2D eigenvalue weighted by Gasteiger charge is -2.21. The molecule has 1 aliphatic heterocycles. The lowest BCUT2D eigenvalue weighted by Crippen LogP contribution is -2.92. The number of hydrogen-bond donors (Lipinski definition) is 2. The molecule has 30 heavy (non-hydrogen) atoms. The van der Waals surface area contributed by atoms with Crippen LogP contribution < -0.4 is 20.1 Å². The zero-order valence-electron chi connectivity index (χ0n) is 17.3. The van der Waals surface area contributed by atoms with E-state index in [4.69, 9.17) is 9.47 Å². The number of nitrogens with two attached hydrogens (primary N) is 1. The van der Waals surface area contributed by atoms with Gasteiger partial charge in [-0.15, -0.1) is 0 Å². The third-order valence-electron chi connectivity index (χ3n) is 5.39. The van der Waals surface area contributed by atoms with Crippen LogP contribution in [0.1, 0.15) is 35.2 Å². The Labute approximate surface area is 177 Å². The topological polar surface area (TPSA) is 64.2 Å². The number of rotatable bonds is 7. The van der Waals surface area contributed by atoms with Gasteiger partial charge < -0.3 is 20.1 Å². The van der Waals surface area contributed by atoms with E-state index in [0.29, 0.717) is 6.54 Å². The Morgan fingerprint density at radius 1 is 0.967 bits per heavy atom. The molecule has 2 atom stereocenters. The highest BCUT2D eigenvalue weighted by atomic mass is 16.7. The van der Waals surface area contributed by atoms with E-state index in [1.807, 2.05) is 43.3 Å². The van der Waals surface area contributed by atoms with Crippen molar-refractivity contribution in [3.63, 3.8) is 0 Å². The summed E-state index contributed by atoms with van der Waals surface area (Å²) in [4.78, 5) is 12.8. The first-order valence-corrected chi connectivity index (χ1v) is 10.2. The van der Waals surface area contributed by atoms with E-state index in [1.54, 1.807) is 0 Å². The molecule has 0 saturated carbocycles. The number of carbonyl (C=O) groups excluding carboxylic acids is 1. The van der Waals surface area contributed by atoms with E-state index in [2.05, 4.69) is 54.0 Å². The quantitative estimate of drug-likeness (QED) is 0.637. The number of aryl methyl sites for hydroxylation is 1. The minimum atomic E-state index is -0.245. The molecule has 0 aromatic heterocycles. The standard InChI is InChI=1S/C25H26N2O3/c1-17-8-11-21(12-9-17)24(20-6-4-3-5-7-20)27-18(2)25(28)26-15-19-10-13-22-23(14-19)30-16-29-22/h3-14,18,24,27H,15-16H2,1-2H3,(H,26,28)/p+1/t18-,24-/m0/s1. The second-order valence-corrected chi connectivity index (χ2v) is 7.69. The first-order chi connectivity index (χ1) is 14.6. The zero-order valence-corrected chi connectivity index (χ0v) is 17.3. The van der Waals surface area contributed by atoms with Crippen molar-refractivity contribution in [1.29, 1.82) is 0 Å². The van der Waals surface area contributed by atoms with E-state index in [1.165, 1.54) is 16.7 Å². The maximum Gasteiger partial charge on any atom is 0.278 e. The van der Waals surface area contributed by atoms with Gasteiger partial charge in [-0.05, 0) is 31.5 Å². The lowest BCUT2D eigenvalue weighted by molar-refractivity contribution is -0.704. The molecule has 3 aromatic carbocycles. The van der Waals surface area contributed by atoms with Crippen LogP contribution in [-0.2, 0) is 11.3 Å². The Morgan fingerprint density at radius 3 is 2.43 bits per heavy atom. The van der Waals surface area contributed by atoms with Gasteiger partial charge in [-0.3, -0.25) is 4.79 Å². The number of amides is 1. The molecule has 1 heterocycles. The van der Waals surface area contributed by atoms with Crippen LogP contribution in [0.25, 0.3) is 0 Å². The third kappa shape index (κ3) is 4.63. The Hall–Kier alpha value is -3.31. The SMILES string of the molecule is Cc1ccc([C@@H]([NH2+][C@@H](C)C(=O)NCc2ccc3c(c2)OCO3)c2ccccc2)cc1. The highest BCUT2D eigenvalue weighted by Crippen LogP contribution is 2.32. The summed E-state index contributed by atoms with van der Waals surface area (Å²) in [5.41, 5.74) is 4.57. The van der Waals surface area contributed by atoms with E-state index in [9.17, 15) is 4.79 Å². The van der Waals surface area contributed by atoms with Gasteiger partial charge in [0.05, 0.1) is 0 Å². The number of carbonyl (C=O) groups is 1. The summed E-state index contributed by atoms with van der Waals surface area (Å²) in [5, 5.41) is 5.16. The predicted molar refractivity (Wildman–Crippen MR) is 115 cm³/mol. The molecule has 154 valence electrons. The molecule has 3 aromatic rings. The van der Waals surface area contributed by atoms with Gasteiger partial charge in [-0.2, -0.15) is 0 Å². The molecule has 0 unspecified atom stereocenters. The van der Waals surface area contributed by atoms with Gasteiger partial charge in [0, 0.05) is 17.7 Å². The summed E-state index contributed by atoms with van der Waals surface area (Å²) in [7, 11) is 0. The van der Waals surface area contributed by atoms with Crippen molar-refractivity contribution in [1.82, 2.24) is 5.32 Å². The van der Waals surface area contributed by atoms with Crippen molar-refractivity contribution in [2.45, 2.75) is 32.5 Å². The average Bonchev–Trinajstić information content (AvgIpc) is 3.25. The van der Waals surface area contributed by atoms with Crippen molar-refractivity contribution in [3.8, 4) is 11.5 Å². The van der Waals surface area contributed by atoms with Gasteiger partial charge in [0.25, 0.3) is 5.91 Å². The van der Waals surface area contributed by atoms with Gasteiger partial charge in [0.15, 0.2) is 17.5 Å². The summed E-state index contributed by atoms with van der Waals surface area (Å²) in [5.74, 6) is 1.47. The fourth-order valence-electron chi connectivity index (χ4n) is 3.63. The Kier molecular flexibility index (Phi) is 6.00. The van der Waals surface area contributed by atoms with Crippen molar-refractivity contribution in [2.75, 3.05) is 6.79 Å². The van der Waals surface area contributed by atoms with Crippen LogP contribution in [0.2, 0.25) is 0 Å². The van der Waals surface area contributed by atoms with Crippen LogP contribution in [0, 0.1) is 6.92 Å². The molecule has 0 aliphatic carbocycles. The zero-order chi connectivity index (χ0) is 20.9. The Balaban J connectivity index is 1.43. The first kappa shape index (κ1) is 20.0. The van der Waals surface area contributed by atoms with Gasteiger partial charge in [0.1, 0.15) is 6.04 Å². The molecule has 0 spiro atoms. The molecule has 3 N–H and O–H groups in total.